The smallest absolute Gasteiger partial charge is 0.253 e. The number of nitrogens with zero attached hydrogens (tertiary/aromatic N) is 1. The quantitative estimate of drug-likeness (QED) is 0.622. The van der Waals surface area contributed by atoms with E-state index < -0.39 is 6.04 Å². The molecule has 8 heteroatoms. The van der Waals surface area contributed by atoms with Gasteiger partial charge in [0.1, 0.15) is 17.5 Å². The van der Waals surface area contributed by atoms with E-state index in [1.54, 1.807) is 67.7 Å². The Labute approximate surface area is 200 Å². The Balaban J connectivity index is 1.68. The number of ether oxygens (including phenoxy) is 2. The van der Waals surface area contributed by atoms with Gasteiger partial charge in [-0.05, 0) is 75.1 Å². The van der Waals surface area contributed by atoms with Gasteiger partial charge < -0.3 is 25.0 Å². The van der Waals surface area contributed by atoms with E-state index in [-0.39, 0.29) is 29.7 Å². The zero-order valence-corrected chi connectivity index (χ0v) is 20.2. The molecule has 1 heterocycles. The minimum absolute atomic E-state index is 0.0531. The molecule has 2 aromatic rings. The highest BCUT2D eigenvalue weighted by Gasteiger charge is 2.34. The number of nitrogens with one attached hydrogen (secondary N) is 2. The summed E-state index contributed by atoms with van der Waals surface area (Å²) in [4.78, 5) is 40.6. The molecule has 1 aliphatic heterocycles. The second kappa shape index (κ2) is 11.5. The fourth-order valence-electron chi connectivity index (χ4n) is 4.11. The van der Waals surface area contributed by atoms with Gasteiger partial charge in [0, 0.05) is 30.3 Å². The second-order valence-corrected chi connectivity index (χ2v) is 8.70. The molecule has 1 fully saturated rings. The van der Waals surface area contributed by atoms with E-state index in [4.69, 9.17) is 9.47 Å². The molecule has 0 radical (unpaired) electrons. The van der Waals surface area contributed by atoms with Crippen molar-refractivity contribution in [1.82, 2.24) is 15.5 Å². The Bertz CT molecular complexity index is 998. The van der Waals surface area contributed by atoms with Crippen molar-refractivity contribution in [3.05, 3.63) is 59.7 Å². The van der Waals surface area contributed by atoms with Crippen LogP contribution < -0.4 is 20.1 Å². The fourth-order valence-corrected chi connectivity index (χ4v) is 4.11. The molecule has 2 N–H and O–H groups in total. The molecule has 8 nitrogen and oxygen atoms in total. The summed E-state index contributed by atoms with van der Waals surface area (Å²) in [6.45, 7) is 4.78. The van der Waals surface area contributed by atoms with E-state index >= 15 is 0 Å². The zero-order chi connectivity index (χ0) is 24.7. The molecule has 0 aromatic heterocycles. The van der Waals surface area contributed by atoms with Crippen molar-refractivity contribution >= 4 is 17.7 Å². The summed E-state index contributed by atoms with van der Waals surface area (Å²) in [5, 5.41) is 5.84. The Hall–Kier alpha value is -3.55. The molecule has 0 aliphatic carbocycles. The van der Waals surface area contributed by atoms with Gasteiger partial charge in [-0.25, -0.2) is 0 Å². The van der Waals surface area contributed by atoms with Crippen molar-refractivity contribution in [2.75, 3.05) is 27.3 Å². The van der Waals surface area contributed by atoms with Gasteiger partial charge in [-0.3, -0.25) is 14.4 Å². The molecule has 2 aromatic carbocycles. The molecule has 0 saturated carbocycles. The standard InChI is InChI=1S/C26H33N3O5/c1-17(2)27-25(31)23(28-24(30)19-8-10-21(33-3)11-9-19)18-12-14-29(15-13-18)26(32)20-6-5-7-22(16-20)34-4/h5-11,16-18,23H,12-15H2,1-4H3,(H,27,31)(H,28,30)/t23-/m0/s1. The summed E-state index contributed by atoms with van der Waals surface area (Å²) < 4.78 is 10.4. The van der Waals surface area contributed by atoms with Crippen LogP contribution in [0.2, 0.25) is 0 Å². The van der Waals surface area contributed by atoms with Crippen LogP contribution in [0.3, 0.4) is 0 Å². The minimum atomic E-state index is -0.689. The molecular formula is C26H33N3O5. The number of benzene rings is 2. The van der Waals surface area contributed by atoms with Crippen LogP contribution in [0.5, 0.6) is 11.5 Å². The van der Waals surface area contributed by atoms with E-state index in [0.29, 0.717) is 48.6 Å². The minimum Gasteiger partial charge on any atom is -0.497 e. The molecule has 0 bridgehead atoms. The van der Waals surface area contributed by atoms with Crippen molar-refractivity contribution in [2.24, 2.45) is 5.92 Å². The first-order chi connectivity index (χ1) is 16.3. The number of methoxy groups -OCH3 is 2. The molecule has 34 heavy (non-hydrogen) atoms. The van der Waals surface area contributed by atoms with Crippen LogP contribution in [0.25, 0.3) is 0 Å². The van der Waals surface area contributed by atoms with Gasteiger partial charge in [0.15, 0.2) is 0 Å². The van der Waals surface area contributed by atoms with E-state index in [1.807, 2.05) is 13.8 Å². The maximum absolute atomic E-state index is 13.0. The summed E-state index contributed by atoms with van der Waals surface area (Å²) in [6.07, 6.45) is 1.21. The van der Waals surface area contributed by atoms with Gasteiger partial charge in [-0.2, -0.15) is 0 Å². The third-order valence-corrected chi connectivity index (χ3v) is 5.97. The molecular weight excluding hydrogens is 434 g/mol. The fraction of sp³-hybridized carbons (Fsp3) is 0.423. The average molecular weight is 468 g/mol. The molecule has 1 saturated heterocycles. The highest BCUT2D eigenvalue weighted by Crippen LogP contribution is 2.24. The highest BCUT2D eigenvalue weighted by atomic mass is 16.5. The zero-order valence-electron chi connectivity index (χ0n) is 20.2. The maximum atomic E-state index is 13.0. The summed E-state index contributed by atoms with van der Waals surface area (Å²) in [5.74, 6) is 0.597. The van der Waals surface area contributed by atoms with Crippen molar-refractivity contribution < 1.29 is 23.9 Å². The Morgan fingerprint density at radius 2 is 1.53 bits per heavy atom. The first-order valence-corrected chi connectivity index (χ1v) is 11.5. The van der Waals surface area contributed by atoms with Crippen LogP contribution in [-0.4, -0.2) is 62.0 Å². The number of rotatable bonds is 8. The molecule has 3 amide bonds. The lowest BCUT2D eigenvalue weighted by Crippen LogP contribution is -2.54. The lowest BCUT2D eigenvalue weighted by Gasteiger charge is -2.36. The van der Waals surface area contributed by atoms with Crippen LogP contribution in [0.4, 0.5) is 0 Å². The van der Waals surface area contributed by atoms with Crippen molar-refractivity contribution in [3.63, 3.8) is 0 Å². The molecule has 3 rings (SSSR count). The Morgan fingerprint density at radius 1 is 0.882 bits per heavy atom. The van der Waals surface area contributed by atoms with Gasteiger partial charge in [0.2, 0.25) is 5.91 Å². The van der Waals surface area contributed by atoms with Crippen LogP contribution in [0.15, 0.2) is 48.5 Å². The summed E-state index contributed by atoms with van der Waals surface area (Å²) in [6, 6.07) is 13.1. The number of likely N-dealkylation sites (tertiary alicyclic amines) is 1. The Morgan fingerprint density at radius 3 is 2.12 bits per heavy atom. The van der Waals surface area contributed by atoms with Crippen molar-refractivity contribution in [2.45, 2.75) is 38.8 Å². The molecule has 0 unspecified atom stereocenters. The molecule has 0 spiro atoms. The van der Waals surface area contributed by atoms with Crippen LogP contribution in [-0.2, 0) is 4.79 Å². The van der Waals surface area contributed by atoms with Gasteiger partial charge >= 0.3 is 0 Å². The SMILES string of the molecule is COc1ccc(C(=O)N[C@H](C(=O)NC(C)C)C2CCN(C(=O)c3cccc(OC)c3)CC2)cc1. The number of amides is 3. The van der Waals surface area contributed by atoms with Crippen LogP contribution in [0.1, 0.15) is 47.4 Å². The number of carbonyl (C=O) groups excluding carboxylic acids is 3. The topological polar surface area (TPSA) is 97.0 Å². The third-order valence-electron chi connectivity index (χ3n) is 5.97. The predicted molar refractivity (Wildman–Crippen MR) is 129 cm³/mol. The van der Waals surface area contributed by atoms with Gasteiger partial charge in [0.25, 0.3) is 11.8 Å². The van der Waals surface area contributed by atoms with Gasteiger partial charge in [0.05, 0.1) is 14.2 Å². The Kier molecular flexibility index (Phi) is 8.51. The average Bonchev–Trinajstić information content (AvgIpc) is 2.86. The predicted octanol–water partition coefficient (Wildman–Crippen LogP) is 2.88. The first kappa shape index (κ1) is 25.1. The van der Waals surface area contributed by atoms with E-state index in [2.05, 4.69) is 10.6 Å². The van der Waals surface area contributed by atoms with Gasteiger partial charge in [-0.1, -0.05) is 6.07 Å². The molecule has 1 atom stereocenters. The lowest BCUT2D eigenvalue weighted by molar-refractivity contribution is -0.125. The van der Waals surface area contributed by atoms with Gasteiger partial charge in [-0.15, -0.1) is 0 Å². The normalized spacial score (nSPS) is 14.9. The first-order valence-electron chi connectivity index (χ1n) is 11.5. The summed E-state index contributed by atoms with van der Waals surface area (Å²) >= 11 is 0. The number of carbonyl (C=O) groups is 3. The maximum Gasteiger partial charge on any atom is 0.253 e. The summed E-state index contributed by atoms with van der Waals surface area (Å²) in [7, 11) is 3.13. The third kappa shape index (κ3) is 6.27. The van der Waals surface area contributed by atoms with E-state index in [0.717, 1.165) is 0 Å². The molecule has 182 valence electrons. The largest absolute Gasteiger partial charge is 0.497 e. The second-order valence-electron chi connectivity index (χ2n) is 8.70. The number of hydrogen-bond donors (Lipinski definition) is 2. The van der Waals surface area contributed by atoms with E-state index in [9.17, 15) is 14.4 Å². The van der Waals surface area contributed by atoms with Crippen molar-refractivity contribution in [3.8, 4) is 11.5 Å². The monoisotopic (exact) mass is 467 g/mol. The number of piperidine rings is 1. The van der Waals surface area contributed by atoms with Crippen LogP contribution in [0, 0.1) is 5.92 Å². The van der Waals surface area contributed by atoms with Crippen molar-refractivity contribution in [1.29, 1.82) is 0 Å². The highest BCUT2D eigenvalue weighted by molar-refractivity contribution is 5.98. The summed E-state index contributed by atoms with van der Waals surface area (Å²) in [5.41, 5.74) is 1.02. The molecule has 1 aliphatic rings. The van der Waals surface area contributed by atoms with Crippen LogP contribution >= 0.6 is 0 Å². The lowest BCUT2D eigenvalue weighted by atomic mass is 9.88. The van der Waals surface area contributed by atoms with E-state index in [1.165, 1.54) is 0 Å². The number of hydrogen-bond acceptors (Lipinski definition) is 5.